The summed E-state index contributed by atoms with van der Waals surface area (Å²) in [6.45, 7) is -0.386. The van der Waals surface area contributed by atoms with Gasteiger partial charge in [-0.1, -0.05) is 12.1 Å². The predicted molar refractivity (Wildman–Crippen MR) is 81.7 cm³/mol. The molecule has 0 aliphatic heterocycles. The van der Waals surface area contributed by atoms with Crippen LogP contribution in [0.15, 0.2) is 48.5 Å². The Morgan fingerprint density at radius 3 is 2.32 bits per heavy atom. The van der Waals surface area contributed by atoms with Gasteiger partial charge < -0.3 is 15.2 Å². The van der Waals surface area contributed by atoms with Crippen LogP contribution < -0.4 is 10.5 Å². The highest BCUT2D eigenvalue weighted by Crippen LogP contribution is 2.29. The number of carbonyl (C=O) groups is 2. The number of ether oxygens (including phenoxy) is 2. The quantitative estimate of drug-likeness (QED) is 0.810. The SMILES string of the molecule is NC(=O)COc1cccc(COC(=O)c2ccc(C(F)(F)F)cc2)c1. The minimum absolute atomic E-state index is 0.00846. The molecule has 2 N–H and O–H groups in total. The molecule has 8 heteroatoms. The molecule has 5 nitrogen and oxygen atoms in total. The lowest BCUT2D eigenvalue weighted by molar-refractivity contribution is -0.137. The summed E-state index contributed by atoms with van der Waals surface area (Å²) < 4.78 is 47.6. The molecule has 0 spiro atoms. The van der Waals surface area contributed by atoms with E-state index in [9.17, 15) is 22.8 Å². The first kappa shape index (κ1) is 18.3. The van der Waals surface area contributed by atoms with Gasteiger partial charge >= 0.3 is 12.1 Å². The molecule has 0 heterocycles. The molecule has 0 radical (unpaired) electrons. The molecule has 132 valence electrons. The number of hydrogen-bond donors (Lipinski definition) is 1. The van der Waals surface area contributed by atoms with Crippen LogP contribution in [0.1, 0.15) is 21.5 Å². The molecule has 0 fully saturated rings. The van der Waals surface area contributed by atoms with Crippen LogP contribution in [0.25, 0.3) is 0 Å². The van der Waals surface area contributed by atoms with E-state index in [0.717, 1.165) is 24.3 Å². The van der Waals surface area contributed by atoms with Gasteiger partial charge in [-0.2, -0.15) is 13.2 Å². The third kappa shape index (κ3) is 5.52. The van der Waals surface area contributed by atoms with Crippen LogP contribution in [-0.4, -0.2) is 18.5 Å². The summed E-state index contributed by atoms with van der Waals surface area (Å²) in [6.07, 6.45) is -4.46. The summed E-state index contributed by atoms with van der Waals surface area (Å²) in [7, 11) is 0. The minimum Gasteiger partial charge on any atom is -0.484 e. The fourth-order valence-electron chi connectivity index (χ4n) is 1.91. The maximum Gasteiger partial charge on any atom is 0.416 e. The third-order valence-corrected chi connectivity index (χ3v) is 3.10. The molecule has 0 saturated carbocycles. The van der Waals surface area contributed by atoms with Crippen molar-refractivity contribution < 1.29 is 32.2 Å². The Balaban J connectivity index is 1.95. The van der Waals surface area contributed by atoms with E-state index in [4.69, 9.17) is 15.2 Å². The Hall–Kier alpha value is -3.03. The highest BCUT2D eigenvalue weighted by Gasteiger charge is 2.30. The summed E-state index contributed by atoms with van der Waals surface area (Å²) in [4.78, 5) is 22.6. The normalized spacial score (nSPS) is 11.0. The second-order valence-corrected chi connectivity index (χ2v) is 5.05. The van der Waals surface area contributed by atoms with Gasteiger partial charge in [0.25, 0.3) is 5.91 Å². The Morgan fingerprint density at radius 1 is 1.04 bits per heavy atom. The van der Waals surface area contributed by atoms with E-state index in [-0.39, 0.29) is 18.8 Å². The van der Waals surface area contributed by atoms with Gasteiger partial charge in [-0.25, -0.2) is 4.79 Å². The Labute approximate surface area is 141 Å². The van der Waals surface area contributed by atoms with Crippen LogP contribution >= 0.6 is 0 Å². The van der Waals surface area contributed by atoms with Crippen molar-refractivity contribution >= 4 is 11.9 Å². The van der Waals surface area contributed by atoms with Crippen molar-refractivity contribution in [3.8, 4) is 5.75 Å². The Bertz CT molecular complexity index is 757. The molecule has 0 bridgehead atoms. The molecule has 1 amide bonds. The van der Waals surface area contributed by atoms with Crippen LogP contribution in [0.4, 0.5) is 13.2 Å². The molecular formula is C17H14F3NO4. The number of hydrogen-bond acceptors (Lipinski definition) is 4. The Kier molecular flexibility index (Phi) is 5.63. The monoisotopic (exact) mass is 353 g/mol. The van der Waals surface area contributed by atoms with Crippen molar-refractivity contribution in [2.75, 3.05) is 6.61 Å². The van der Waals surface area contributed by atoms with Crippen molar-refractivity contribution in [2.24, 2.45) is 5.73 Å². The van der Waals surface area contributed by atoms with Gasteiger partial charge in [-0.05, 0) is 42.0 Å². The first-order valence-corrected chi connectivity index (χ1v) is 7.10. The highest BCUT2D eigenvalue weighted by molar-refractivity contribution is 5.89. The number of halogens is 3. The van der Waals surface area contributed by atoms with Crippen molar-refractivity contribution in [2.45, 2.75) is 12.8 Å². The van der Waals surface area contributed by atoms with Gasteiger partial charge in [0.15, 0.2) is 6.61 Å². The summed E-state index contributed by atoms with van der Waals surface area (Å²) >= 11 is 0. The standard InChI is InChI=1S/C17H14F3NO4/c18-17(19,20)13-6-4-12(5-7-13)16(23)25-9-11-2-1-3-14(8-11)24-10-15(21)22/h1-8H,9-10H2,(H2,21,22). The van der Waals surface area contributed by atoms with Gasteiger partial charge in [0, 0.05) is 0 Å². The highest BCUT2D eigenvalue weighted by atomic mass is 19.4. The van der Waals surface area contributed by atoms with E-state index in [1.54, 1.807) is 24.3 Å². The molecule has 0 atom stereocenters. The smallest absolute Gasteiger partial charge is 0.416 e. The molecular weight excluding hydrogens is 339 g/mol. The van der Waals surface area contributed by atoms with Crippen LogP contribution in [0, 0.1) is 0 Å². The number of benzene rings is 2. The van der Waals surface area contributed by atoms with Crippen LogP contribution in [-0.2, 0) is 22.3 Å². The number of amides is 1. The summed E-state index contributed by atoms with van der Waals surface area (Å²) in [5.41, 5.74) is 4.72. The predicted octanol–water partition coefficient (Wildman–Crippen LogP) is 2.93. The lowest BCUT2D eigenvalue weighted by Gasteiger charge is -2.09. The average molecular weight is 353 g/mol. The molecule has 2 aromatic rings. The van der Waals surface area contributed by atoms with Crippen molar-refractivity contribution in [3.05, 3.63) is 65.2 Å². The third-order valence-electron chi connectivity index (χ3n) is 3.10. The number of esters is 1. The lowest BCUT2D eigenvalue weighted by Crippen LogP contribution is -2.20. The van der Waals surface area contributed by atoms with E-state index in [1.165, 1.54) is 0 Å². The van der Waals surface area contributed by atoms with Gasteiger partial charge in [0.2, 0.25) is 0 Å². The lowest BCUT2D eigenvalue weighted by atomic mass is 10.1. The Morgan fingerprint density at radius 2 is 1.72 bits per heavy atom. The molecule has 0 aliphatic rings. The van der Waals surface area contributed by atoms with Crippen LogP contribution in [0.2, 0.25) is 0 Å². The molecule has 0 unspecified atom stereocenters. The van der Waals surface area contributed by atoms with Crippen LogP contribution in [0.3, 0.4) is 0 Å². The number of alkyl halides is 3. The first-order chi connectivity index (χ1) is 11.8. The van der Waals surface area contributed by atoms with E-state index in [2.05, 4.69) is 0 Å². The largest absolute Gasteiger partial charge is 0.484 e. The van der Waals surface area contributed by atoms with Gasteiger partial charge in [-0.15, -0.1) is 0 Å². The number of nitrogens with two attached hydrogens (primary N) is 1. The molecule has 0 saturated heterocycles. The average Bonchev–Trinajstić information content (AvgIpc) is 2.57. The van der Waals surface area contributed by atoms with Gasteiger partial charge in [0.05, 0.1) is 11.1 Å². The summed E-state index contributed by atoms with van der Waals surface area (Å²) in [5, 5.41) is 0. The van der Waals surface area contributed by atoms with E-state index in [0.29, 0.717) is 11.3 Å². The zero-order chi connectivity index (χ0) is 18.4. The second kappa shape index (κ2) is 7.69. The maximum absolute atomic E-state index is 12.5. The molecule has 0 aliphatic carbocycles. The zero-order valence-electron chi connectivity index (χ0n) is 12.9. The van der Waals surface area contributed by atoms with E-state index < -0.39 is 23.6 Å². The van der Waals surface area contributed by atoms with Crippen LogP contribution in [0.5, 0.6) is 5.75 Å². The summed E-state index contributed by atoms with van der Waals surface area (Å²) in [6, 6.07) is 10.2. The minimum atomic E-state index is -4.46. The van der Waals surface area contributed by atoms with Crippen molar-refractivity contribution in [1.82, 2.24) is 0 Å². The van der Waals surface area contributed by atoms with Crippen molar-refractivity contribution in [1.29, 1.82) is 0 Å². The van der Waals surface area contributed by atoms with E-state index in [1.807, 2.05) is 0 Å². The molecule has 2 aromatic carbocycles. The maximum atomic E-state index is 12.5. The fraction of sp³-hybridized carbons (Fsp3) is 0.176. The molecule has 25 heavy (non-hydrogen) atoms. The second-order valence-electron chi connectivity index (χ2n) is 5.05. The number of primary amides is 1. The summed E-state index contributed by atoms with van der Waals surface area (Å²) in [5.74, 6) is -1.00. The van der Waals surface area contributed by atoms with Crippen molar-refractivity contribution in [3.63, 3.8) is 0 Å². The molecule has 0 aromatic heterocycles. The topological polar surface area (TPSA) is 78.6 Å². The number of carbonyl (C=O) groups excluding carboxylic acids is 2. The molecule has 2 rings (SSSR count). The number of rotatable bonds is 6. The first-order valence-electron chi connectivity index (χ1n) is 7.10. The van der Waals surface area contributed by atoms with Gasteiger partial charge in [-0.3, -0.25) is 4.79 Å². The fourth-order valence-corrected chi connectivity index (χ4v) is 1.91. The van der Waals surface area contributed by atoms with E-state index >= 15 is 0 Å². The zero-order valence-corrected chi connectivity index (χ0v) is 12.9. The van der Waals surface area contributed by atoms with Gasteiger partial charge in [0.1, 0.15) is 12.4 Å².